The van der Waals surface area contributed by atoms with Gasteiger partial charge in [-0.1, -0.05) is 13.8 Å². The maximum atomic E-state index is 11.5. The molecule has 0 aliphatic rings. The minimum atomic E-state index is -0.212. The van der Waals surface area contributed by atoms with Crippen molar-refractivity contribution in [3.8, 4) is 0 Å². The second-order valence-corrected chi connectivity index (χ2v) is 4.39. The van der Waals surface area contributed by atoms with Crippen molar-refractivity contribution in [2.24, 2.45) is 11.7 Å². The van der Waals surface area contributed by atoms with E-state index in [0.717, 1.165) is 0 Å². The smallest absolute Gasteiger partial charge is 0.271 e. The van der Waals surface area contributed by atoms with Crippen LogP contribution in [0.2, 0.25) is 0 Å². The fourth-order valence-corrected chi connectivity index (χ4v) is 1.47. The topological polar surface area (TPSA) is 92.9 Å². The highest BCUT2D eigenvalue weighted by Crippen LogP contribution is 2.09. The molecule has 1 rings (SSSR count). The lowest BCUT2D eigenvalue weighted by Crippen LogP contribution is -2.34. The van der Waals surface area contributed by atoms with Crippen molar-refractivity contribution in [2.75, 3.05) is 18.4 Å². The molecule has 1 heterocycles. The van der Waals surface area contributed by atoms with Crippen molar-refractivity contribution < 1.29 is 4.79 Å². The van der Waals surface area contributed by atoms with Gasteiger partial charge in [-0.25, -0.2) is 0 Å². The van der Waals surface area contributed by atoms with Crippen LogP contribution in [-0.2, 0) is 0 Å². The van der Waals surface area contributed by atoms with Gasteiger partial charge in [0.2, 0.25) is 0 Å². The Hall–Kier alpha value is -1.69. The summed E-state index contributed by atoms with van der Waals surface area (Å²) in [5.41, 5.74) is 5.98. The molecular formula is C12H21N5O. The largest absolute Gasteiger partial charge is 0.364 e. The van der Waals surface area contributed by atoms with E-state index in [2.05, 4.69) is 34.7 Å². The fourth-order valence-electron chi connectivity index (χ4n) is 1.47. The van der Waals surface area contributed by atoms with E-state index in [9.17, 15) is 4.79 Å². The predicted octanol–water partition coefficient (Wildman–Crippen LogP) is 0.621. The summed E-state index contributed by atoms with van der Waals surface area (Å²) in [6.45, 7) is 7.12. The number of carbonyl (C=O) groups excluding carboxylic acids is 1. The highest BCUT2D eigenvalue weighted by atomic mass is 16.1. The highest BCUT2D eigenvalue weighted by molar-refractivity contribution is 5.92. The summed E-state index contributed by atoms with van der Waals surface area (Å²) >= 11 is 0. The molecule has 6 nitrogen and oxygen atoms in total. The van der Waals surface area contributed by atoms with Crippen LogP contribution >= 0.6 is 0 Å². The van der Waals surface area contributed by atoms with Gasteiger partial charge in [-0.3, -0.25) is 4.79 Å². The summed E-state index contributed by atoms with van der Waals surface area (Å²) in [4.78, 5) is 11.5. The standard InChI is InChI=1S/C12H21N5O/c1-4-14-12(18)9-5-6-11(17-16-9)15-10(7-13)8(2)3/h5-6,8,10H,4,7,13H2,1-3H3,(H,14,18)(H,15,17). The van der Waals surface area contributed by atoms with Crippen LogP contribution in [0, 0.1) is 5.92 Å². The summed E-state index contributed by atoms with van der Waals surface area (Å²) in [7, 11) is 0. The molecule has 0 bridgehead atoms. The highest BCUT2D eigenvalue weighted by Gasteiger charge is 2.12. The molecule has 6 heteroatoms. The molecule has 0 aliphatic heterocycles. The van der Waals surface area contributed by atoms with Crippen LogP contribution in [-0.4, -0.2) is 35.2 Å². The lowest BCUT2D eigenvalue weighted by Gasteiger charge is -2.20. The maximum absolute atomic E-state index is 11.5. The number of nitrogens with one attached hydrogen (secondary N) is 2. The van der Waals surface area contributed by atoms with Crippen molar-refractivity contribution in [1.29, 1.82) is 0 Å². The molecule has 0 spiro atoms. The molecule has 1 atom stereocenters. The van der Waals surface area contributed by atoms with Crippen molar-refractivity contribution >= 4 is 11.7 Å². The summed E-state index contributed by atoms with van der Waals surface area (Å²) in [6.07, 6.45) is 0. The Balaban J connectivity index is 2.68. The van der Waals surface area contributed by atoms with E-state index in [0.29, 0.717) is 30.5 Å². The van der Waals surface area contributed by atoms with Gasteiger partial charge in [-0.2, -0.15) is 0 Å². The number of aromatic nitrogens is 2. The third kappa shape index (κ3) is 3.96. The van der Waals surface area contributed by atoms with Gasteiger partial charge in [0.1, 0.15) is 5.82 Å². The van der Waals surface area contributed by atoms with Gasteiger partial charge >= 0.3 is 0 Å². The van der Waals surface area contributed by atoms with Gasteiger partial charge in [0, 0.05) is 19.1 Å². The molecule has 0 saturated carbocycles. The van der Waals surface area contributed by atoms with Crippen LogP contribution in [0.25, 0.3) is 0 Å². The average Bonchev–Trinajstić information content (AvgIpc) is 2.36. The lowest BCUT2D eigenvalue weighted by atomic mass is 10.1. The lowest BCUT2D eigenvalue weighted by molar-refractivity contribution is 0.0950. The van der Waals surface area contributed by atoms with E-state index in [-0.39, 0.29) is 11.9 Å². The summed E-state index contributed by atoms with van der Waals surface area (Å²) < 4.78 is 0. The summed E-state index contributed by atoms with van der Waals surface area (Å²) in [5.74, 6) is 0.822. The first-order chi connectivity index (χ1) is 8.58. The zero-order chi connectivity index (χ0) is 13.5. The number of hydrogen-bond acceptors (Lipinski definition) is 5. The Morgan fingerprint density at radius 2 is 2.11 bits per heavy atom. The number of hydrogen-bond donors (Lipinski definition) is 3. The summed E-state index contributed by atoms with van der Waals surface area (Å²) in [6, 6.07) is 3.53. The first-order valence-corrected chi connectivity index (χ1v) is 6.17. The van der Waals surface area contributed by atoms with E-state index in [4.69, 9.17) is 5.73 Å². The Morgan fingerprint density at radius 3 is 2.56 bits per heavy atom. The Labute approximate surface area is 107 Å². The molecule has 0 saturated heterocycles. The van der Waals surface area contributed by atoms with Crippen LogP contribution < -0.4 is 16.4 Å². The van der Waals surface area contributed by atoms with E-state index in [1.54, 1.807) is 12.1 Å². The third-order valence-electron chi connectivity index (χ3n) is 2.63. The Kier molecular flexibility index (Phi) is 5.51. The van der Waals surface area contributed by atoms with Crippen LogP contribution in [0.5, 0.6) is 0 Å². The Bertz CT molecular complexity index is 377. The van der Waals surface area contributed by atoms with Gasteiger partial charge in [-0.15, -0.1) is 10.2 Å². The molecule has 1 aromatic rings. The number of carbonyl (C=O) groups is 1. The number of anilines is 1. The number of nitrogens with two attached hydrogens (primary N) is 1. The van der Waals surface area contributed by atoms with E-state index < -0.39 is 0 Å². The van der Waals surface area contributed by atoms with Gasteiger partial charge < -0.3 is 16.4 Å². The van der Waals surface area contributed by atoms with Crippen molar-refractivity contribution in [2.45, 2.75) is 26.8 Å². The van der Waals surface area contributed by atoms with Gasteiger partial charge in [0.25, 0.3) is 5.91 Å². The quantitative estimate of drug-likeness (QED) is 0.689. The maximum Gasteiger partial charge on any atom is 0.271 e. The first kappa shape index (κ1) is 14.4. The molecular weight excluding hydrogens is 230 g/mol. The third-order valence-corrected chi connectivity index (χ3v) is 2.63. The SMILES string of the molecule is CCNC(=O)c1ccc(NC(CN)C(C)C)nn1. The van der Waals surface area contributed by atoms with Crippen molar-refractivity contribution in [3.63, 3.8) is 0 Å². The number of nitrogens with zero attached hydrogens (tertiary/aromatic N) is 2. The van der Waals surface area contributed by atoms with E-state index in [1.807, 2.05) is 6.92 Å². The molecule has 1 unspecified atom stereocenters. The second-order valence-electron chi connectivity index (χ2n) is 4.39. The number of rotatable bonds is 6. The molecule has 0 aromatic carbocycles. The van der Waals surface area contributed by atoms with E-state index in [1.165, 1.54) is 0 Å². The molecule has 18 heavy (non-hydrogen) atoms. The molecule has 100 valence electrons. The number of amides is 1. The predicted molar refractivity (Wildman–Crippen MR) is 71.3 cm³/mol. The zero-order valence-electron chi connectivity index (χ0n) is 11.1. The van der Waals surface area contributed by atoms with Gasteiger partial charge in [0.05, 0.1) is 0 Å². The minimum absolute atomic E-state index is 0.148. The zero-order valence-corrected chi connectivity index (χ0v) is 11.1. The molecule has 1 amide bonds. The van der Waals surface area contributed by atoms with E-state index >= 15 is 0 Å². The van der Waals surface area contributed by atoms with Gasteiger partial charge in [0.15, 0.2) is 5.69 Å². The van der Waals surface area contributed by atoms with Gasteiger partial charge in [-0.05, 0) is 25.0 Å². The van der Waals surface area contributed by atoms with Crippen molar-refractivity contribution in [3.05, 3.63) is 17.8 Å². The monoisotopic (exact) mass is 251 g/mol. The molecule has 0 fully saturated rings. The molecule has 1 aromatic heterocycles. The normalized spacial score (nSPS) is 12.3. The van der Waals surface area contributed by atoms with Crippen molar-refractivity contribution in [1.82, 2.24) is 15.5 Å². The van der Waals surface area contributed by atoms with Crippen LogP contribution in [0.3, 0.4) is 0 Å². The molecule has 0 radical (unpaired) electrons. The Morgan fingerprint density at radius 1 is 1.39 bits per heavy atom. The van der Waals surface area contributed by atoms with Crippen LogP contribution in [0.1, 0.15) is 31.3 Å². The molecule has 0 aliphatic carbocycles. The average molecular weight is 251 g/mol. The fraction of sp³-hybridized carbons (Fsp3) is 0.583. The van der Waals surface area contributed by atoms with Crippen LogP contribution in [0.4, 0.5) is 5.82 Å². The summed E-state index contributed by atoms with van der Waals surface area (Å²) in [5, 5.41) is 13.7. The first-order valence-electron chi connectivity index (χ1n) is 6.17. The van der Waals surface area contributed by atoms with Crippen LogP contribution in [0.15, 0.2) is 12.1 Å². The minimum Gasteiger partial charge on any atom is -0.364 e. The second kappa shape index (κ2) is 6.90. The molecule has 4 N–H and O–H groups in total.